The van der Waals surface area contributed by atoms with E-state index >= 15 is 0 Å². The highest BCUT2D eigenvalue weighted by molar-refractivity contribution is 5.80. The van der Waals surface area contributed by atoms with Crippen molar-refractivity contribution in [2.24, 2.45) is 0 Å². The lowest BCUT2D eigenvalue weighted by Crippen LogP contribution is -2.48. The van der Waals surface area contributed by atoms with E-state index < -0.39 is 0 Å². The highest BCUT2D eigenvalue weighted by Gasteiger charge is 2.25. The summed E-state index contributed by atoms with van der Waals surface area (Å²) in [6, 6.07) is 7.79. The number of amides is 1. The Kier molecular flexibility index (Phi) is 4.43. The molecule has 0 bridgehead atoms. The first-order chi connectivity index (χ1) is 11.1. The molecule has 6 heteroatoms. The van der Waals surface area contributed by atoms with Crippen molar-refractivity contribution in [3.05, 3.63) is 40.8 Å². The van der Waals surface area contributed by atoms with E-state index in [1.54, 1.807) is 0 Å². The molecule has 0 aliphatic carbocycles. The average Bonchev–Trinajstić information content (AvgIpc) is 2.57. The molecule has 0 radical (unpaired) electrons. The molecule has 0 spiro atoms. The van der Waals surface area contributed by atoms with Crippen LogP contribution in [0.2, 0.25) is 0 Å². The van der Waals surface area contributed by atoms with Crippen LogP contribution < -0.4 is 5.56 Å². The minimum atomic E-state index is -0.238. The number of likely N-dealkylation sites (tertiary alicyclic amines) is 1. The quantitative estimate of drug-likeness (QED) is 0.846. The van der Waals surface area contributed by atoms with E-state index in [1.807, 2.05) is 43.3 Å². The minimum Gasteiger partial charge on any atom is -0.340 e. The summed E-state index contributed by atoms with van der Waals surface area (Å²) in [5.74, 6) is -0.00463. The number of carbonyl (C=O) groups is 1. The Labute approximate surface area is 135 Å². The third-order valence-corrected chi connectivity index (χ3v) is 4.53. The van der Waals surface area contributed by atoms with E-state index in [-0.39, 0.29) is 18.0 Å². The second kappa shape index (κ2) is 6.50. The summed E-state index contributed by atoms with van der Waals surface area (Å²) in [6.07, 6.45) is 3.39. The molecule has 2 aromatic rings. The number of rotatable bonds is 3. The maximum absolute atomic E-state index is 12.7. The summed E-state index contributed by atoms with van der Waals surface area (Å²) in [5.41, 5.74) is 1.19. The number of nitrogens with zero attached hydrogens (tertiary/aromatic N) is 4. The second-order valence-corrected chi connectivity index (χ2v) is 6.27. The largest absolute Gasteiger partial charge is 0.340 e. The van der Waals surface area contributed by atoms with Crippen LogP contribution in [0, 0.1) is 0 Å². The molecule has 3 rings (SSSR count). The van der Waals surface area contributed by atoms with Gasteiger partial charge >= 0.3 is 0 Å². The Balaban J connectivity index is 1.83. The summed E-state index contributed by atoms with van der Waals surface area (Å²) in [6.45, 7) is 1.56. The van der Waals surface area contributed by atoms with Gasteiger partial charge in [-0.1, -0.05) is 12.1 Å². The van der Waals surface area contributed by atoms with Crippen LogP contribution in [0.5, 0.6) is 0 Å². The van der Waals surface area contributed by atoms with Crippen LogP contribution in [-0.4, -0.2) is 58.5 Å². The fourth-order valence-corrected chi connectivity index (χ4v) is 3.12. The van der Waals surface area contributed by atoms with E-state index in [1.165, 1.54) is 10.8 Å². The predicted molar refractivity (Wildman–Crippen MR) is 89.3 cm³/mol. The van der Waals surface area contributed by atoms with Gasteiger partial charge in [-0.2, -0.15) is 0 Å². The van der Waals surface area contributed by atoms with Gasteiger partial charge in [0.2, 0.25) is 5.91 Å². The van der Waals surface area contributed by atoms with Gasteiger partial charge in [-0.25, -0.2) is 4.98 Å². The van der Waals surface area contributed by atoms with E-state index in [0.717, 1.165) is 31.4 Å². The molecule has 1 unspecified atom stereocenters. The van der Waals surface area contributed by atoms with Gasteiger partial charge < -0.3 is 9.80 Å². The first-order valence-electron chi connectivity index (χ1n) is 7.95. The molecule has 1 aliphatic heterocycles. The molecule has 1 amide bonds. The molecule has 6 nitrogen and oxygen atoms in total. The van der Waals surface area contributed by atoms with Gasteiger partial charge in [0.15, 0.2) is 0 Å². The SMILES string of the molecule is CN(C)C1CCCN(C(=O)Cn2c(=O)cnc3ccccc32)C1. The molecule has 2 heterocycles. The highest BCUT2D eigenvalue weighted by Crippen LogP contribution is 2.15. The van der Waals surface area contributed by atoms with Crippen LogP contribution in [0.1, 0.15) is 12.8 Å². The number of hydrogen-bond donors (Lipinski definition) is 0. The summed E-state index contributed by atoms with van der Waals surface area (Å²) < 4.78 is 1.52. The van der Waals surface area contributed by atoms with Gasteiger partial charge in [0, 0.05) is 19.1 Å². The van der Waals surface area contributed by atoms with Crippen LogP contribution in [-0.2, 0) is 11.3 Å². The fraction of sp³-hybridized carbons (Fsp3) is 0.471. The first kappa shape index (κ1) is 15.7. The number of carbonyl (C=O) groups excluding carboxylic acids is 1. The maximum atomic E-state index is 12.7. The Morgan fingerprint density at radius 2 is 2.13 bits per heavy atom. The highest BCUT2D eigenvalue weighted by atomic mass is 16.2. The molecule has 1 aromatic carbocycles. The van der Waals surface area contributed by atoms with E-state index in [0.29, 0.717) is 11.6 Å². The van der Waals surface area contributed by atoms with Crippen molar-refractivity contribution in [3.8, 4) is 0 Å². The Bertz CT molecular complexity index is 769. The number of benzene rings is 1. The van der Waals surface area contributed by atoms with Crippen molar-refractivity contribution in [2.75, 3.05) is 27.2 Å². The molecule has 23 heavy (non-hydrogen) atoms. The number of hydrogen-bond acceptors (Lipinski definition) is 4. The van der Waals surface area contributed by atoms with E-state index in [4.69, 9.17) is 0 Å². The average molecular weight is 314 g/mol. The molecule has 1 aromatic heterocycles. The van der Waals surface area contributed by atoms with Gasteiger partial charge in [0.05, 0.1) is 17.2 Å². The van der Waals surface area contributed by atoms with Gasteiger partial charge in [-0.05, 0) is 39.1 Å². The van der Waals surface area contributed by atoms with Crippen molar-refractivity contribution in [3.63, 3.8) is 0 Å². The Hall–Kier alpha value is -2.21. The van der Waals surface area contributed by atoms with Gasteiger partial charge in [0.25, 0.3) is 5.56 Å². The molecular formula is C17H22N4O2. The maximum Gasteiger partial charge on any atom is 0.269 e. The summed E-state index contributed by atoms with van der Waals surface area (Å²) >= 11 is 0. The summed E-state index contributed by atoms with van der Waals surface area (Å²) in [5, 5.41) is 0. The standard InChI is InChI=1S/C17H22N4O2/c1-19(2)13-6-5-9-20(11-13)17(23)12-21-15-8-4-3-7-14(15)18-10-16(21)22/h3-4,7-8,10,13H,5-6,9,11-12H2,1-2H3. The predicted octanol–water partition coefficient (Wildman–Crippen LogP) is 0.949. The van der Waals surface area contributed by atoms with Crippen LogP contribution >= 0.6 is 0 Å². The fourth-order valence-electron chi connectivity index (χ4n) is 3.12. The van der Waals surface area contributed by atoms with E-state index in [9.17, 15) is 9.59 Å². The molecule has 0 N–H and O–H groups in total. The number of likely N-dealkylation sites (N-methyl/N-ethyl adjacent to an activating group) is 1. The molecule has 1 saturated heterocycles. The second-order valence-electron chi connectivity index (χ2n) is 6.27. The topological polar surface area (TPSA) is 58.4 Å². The normalized spacial score (nSPS) is 18.6. The van der Waals surface area contributed by atoms with Crippen LogP contribution in [0.15, 0.2) is 35.3 Å². The van der Waals surface area contributed by atoms with Gasteiger partial charge in [-0.15, -0.1) is 0 Å². The van der Waals surface area contributed by atoms with Crippen molar-refractivity contribution in [1.29, 1.82) is 0 Å². The zero-order valence-corrected chi connectivity index (χ0v) is 13.6. The number of para-hydroxylation sites is 2. The third kappa shape index (κ3) is 3.27. The number of aromatic nitrogens is 2. The van der Waals surface area contributed by atoms with Crippen molar-refractivity contribution in [1.82, 2.24) is 19.4 Å². The first-order valence-corrected chi connectivity index (χ1v) is 7.95. The third-order valence-electron chi connectivity index (χ3n) is 4.53. The molecule has 1 fully saturated rings. The van der Waals surface area contributed by atoms with Gasteiger partial charge in [-0.3, -0.25) is 14.2 Å². The zero-order chi connectivity index (χ0) is 16.4. The zero-order valence-electron chi connectivity index (χ0n) is 13.6. The Morgan fingerprint density at radius 3 is 2.91 bits per heavy atom. The van der Waals surface area contributed by atoms with Crippen molar-refractivity contribution >= 4 is 16.9 Å². The van der Waals surface area contributed by atoms with Crippen LogP contribution in [0.4, 0.5) is 0 Å². The lowest BCUT2D eigenvalue weighted by atomic mass is 10.0. The van der Waals surface area contributed by atoms with E-state index in [2.05, 4.69) is 9.88 Å². The smallest absolute Gasteiger partial charge is 0.269 e. The minimum absolute atomic E-state index is 0.00463. The summed E-state index contributed by atoms with van der Waals surface area (Å²) in [4.78, 5) is 33.0. The van der Waals surface area contributed by atoms with Gasteiger partial charge in [0.1, 0.15) is 6.54 Å². The molecule has 122 valence electrons. The molecule has 0 saturated carbocycles. The molecule has 1 aliphatic rings. The molecule has 1 atom stereocenters. The number of piperidine rings is 1. The lowest BCUT2D eigenvalue weighted by Gasteiger charge is -2.36. The lowest BCUT2D eigenvalue weighted by molar-refractivity contribution is -0.133. The monoisotopic (exact) mass is 314 g/mol. The van der Waals surface area contributed by atoms with Crippen molar-refractivity contribution in [2.45, 2.75) is 25.4 Å². The molecular weight excluding hydrogens is 292 g/mol. The van der Waals surface area contributed by atoms with Crippen LogP contribution in [0.25, 0.3) is 11.0 Å². The van der Waals surface area contributed by atoms with Crippen LogP contribution in [0.3, 0.4) is 0 Å². The Morgan fingerprint density at radius 1 is 1.35 bits per heavy atom. The number of fused-ring (bicyclic) bond motifs is 1. The summed E-state index contributed by atoms with van der Waals surface area (Å²) in [7, 11) is 4.08. The van der Waals surface area contributed by atoms with Crippen molar-refractivity contribution < 1.29 is 4.79 Å².